The number of hydrogen-bond acceptors (Lipinski definition) is 4. The van der Waals surface area contributed by atoms with Gasteiger partial charge >= 0.3 is 0 Å². The summed E-state index contributed by atoms with van der Waals surface area (Å²) in [5, 5.41) is 6.55. The van der Waals surface area contributed by atoms with Gasteiger partial charge in [0, 0.05) is 24.5 Å². The Bertz CT molecular complexity index is 307. The molecule has 0 bridgehead atoms. The van der Waals surface area contributed by atoms with Crippen LogP contribution in [-0.2, 0) is 0 Å². The maximum atomic E-state index is 4.35. The average molecular weight is 290 g/mol. The lowest BCUT2D eigenvalue weighted by Crippen LogP contribution is -2.38. The zero-order chi connectivity index (χ0) is 10.7. The number of halogens is 1. The molecule has 0 spiro atoms. The standard InChI is InChI=1S/C10H16BrN3S/c1-2-14-5-3-8(4-6-14)12-10-13-9(11)7-15-10/h7-8H,2-6H2,1H3,(H,12,13). The average Bonchev–Trinajstić information content (AvgIpc) is 2.65. The fourth-order valence-electron chi connectivity index (χ4n) is 1.89. The van der Waals surface area contributed by atoms with Gasteiger partial charge in [0.1, 0.15) is 4.60 Å². The van der Waals surface area contributed by atoms with Gasteiger partial charge in [0.15, 0.2) is 5.13 Å². The zero-order valence-electron chi connectivity index (χ0n) is 8.87. The molecule has 1 N–H and O–H groups in total. The molecule has 0 radical (unpaired) electrons. The predicted molar refractivity (Wildman–Crippen MR) is 68.6 cm³/mol. The summed E-state index contributed by atoms with van der Waals surface area (Å²) in [4.78, 5) is 6.85. The van der Waals surface area contributed by atoms with Crippen LogP contribution < -0.4 is 5.32 Å². The Morgan fingerprint density at radius 1 is 1.60 bits per heavy atom. The highest BCUT2D eigenvalue weighted by Crippen LogP contribution is 2.22. The third kappa shape index (κ3) is 3.16. The topological polar surface area (TPSA) is 28.2 Å². The summed E-state index contributed by atoms with van der Waals surface area (Å²) in [6.07, 6.45) is 2.45. The largest absolute Gasteiger partial charge is 0.359 e. The van der Waals surface area contributed by atoms with Gasteiger partial charge in [0.25, 0.3) is 0 Å². The molecule has 0 aliphatic carbocycles. The molecule has 15 heavy (non-hydrogen) atoms. The van der Waals surface area contributed by atoms with E-state index in [4.69, 9.17) is 0 Å². The van der Waals surface area contributed by atoms with E-state index in [0.717, 1.165) is 9.73 Å². The quantitative estimate of drug-likeness (QED) is 0.928. The summed E-state index contributed by atoms with van der Waals surface area (Å²) in [5.41, 5.74) is 0. The summed E-state index contributed by atoms with van der Waals surface area (Å²) in [7, 11) is 0. The van der Waals surface area contributed by atoms with E-state index in [1.54, 1.807) is 11.3 Å². The molecule has 5 heteroatoms. The van der Waals surface area contributed by atoms with Crippen molar-refractivity contribution in [2.45, 2.75) is 25.8 Å². The third-order valence-corrected chi connectivity index (χ3v) is 4.32. The van der Waals surface area contributed by atoms with Gasteiger partial charge in [0.05, 0.1) is 0 Å². The second-order valence-electron chi connectivity index (χ2n) is 3.83. The number of anilines is 1. The summed E-state index contributed by atoms with van der Waals surface area (Å²) in [5.74, 6) is 0. The number of likely N-dealkylation sites (tertiary alicyclic amines) is 1. The molecule has 0 unspecified atom stereocenters. The first-order chi connectivity index (χ1) is 7.28. The van der Waals surface area contributed by atoms with E-state index in [0.29, 0.717) is 6.04 Å². The van der Waals surface area contributed by atoms with E-state index >= 15 is 0 Å². The van der Waals surface area contributed by atoms with Gasteiger partial charge in [-0.15, -0.1) is 11.3 Å². The van der Waals surface area contributed by atoms with Crippen LogP contribution in [0.4, 0.5) is 5.13 Å². The lowest BCUT2D eigenvalue weighted by atomic mass is 10.1. The summed E-state index contributed by atoms with van der Waals surface area (Å²) in [6, 6.07) is 0.603. The molecule has 2 rings (SSSR count). The molecule has 1 fully saturated rings. The Balaban J connectivity index is 1.82. The van der Waals surface area contributed by atoms with Gasteiger partial charge in [-0.05, 0) is 35.3 Å². The van der Waals surface area contributed by atoms with Gasteiger partial charge in [-0.2, -0.15) is 0 Å². The minimum Gasteiger partial charge on any atom is -0.359 e. The predicted octanol–water partition coefficient (Wildman–Crippen LogP) is 2.80. The first-order valence-corrected chi connectivity index (χ1v) is 7.05. The molecular formula is C10H16BrN3S. The van der Waals surface area contributed by atoms with Gasteiger partial charge in [0.2, 0.25) is 0 Å². The first kappa shape index (κ1) is 11.4. The van der Waals surface area contributed by atoms with Crippen molar-refractivity contribution in [2.75, 3.05) is 25.0 Å². The lowest BCUT2D eigenvalue weighted by molar-refractivity contribution is 0.229. The number of thiazole rings is 1. The molecule has 1 aromatic heterocycles. The minimum atomic E-state index is 0.603. The Morgan fingerprint density at radius 3 is 2.87 bits per heavy atom. The van der Waals surface area contributed by atoms with Crippen molar-refractivity contribution in [2.24, 2.45) is 0 Å². The molecule has 2 heterocycles. The van der Waals surface area contributed by atoms with Crippen molar-refractivity contribution in [3.8, 4) is 0 Å². The van der Waals surface area contributed by atoms with Crippen LogP contribution in [0.3, 0.4) is 0 Å². The Morgan fingerprint density at radius 2 is 2.33 bits per heavy atom. The van der Waals surface area contributed by atoms with E-state index in [9.17, 15) is 0 Å². The highest BCUT2D eigenvalue weighted by atomic mass is 79.9. The highest BCUT2D eigenvalue weighted by molar-refractivity contribution is 9.10. The SMILES string of the molecule is CCN1CCC(Nc2nc(Br)cs2)CC1. The maximum Gasteiger partial charge on any atom is 0.183 e. The van der Waals surface area contributed by atoms with Crippen LogP contribution in [0.25, 0.3) is 0 Å². The maximum absolute atomic E-state index is 4.35. The monoisotopic (exact) mass is 289 g/mol. The summed E-state index contributed by atoms with van der Waals surface area (Å²) in [6.45, 7) is 5.82. The molecule has 3 nitrogen and oxygen atoms in total. The van der Waals surface area contributed by atoms with Crippen LogP contribution in [0.2, 0.25) is 0 Å². The molecule has 84 valence electrons. The first-order valence-electron chi connectivity index (χ1n) is 5.38. The van der Waals surface area contributed by atoms with E-state index < -0.39 is 0 Å². The summed E-state index contributed by atoms with van der Waals surface area (Å²) < 4.78 is 0.931. The fraction of sp³-hybridized carbons (Fsp3) is 0.700. The van der Waals surface area contributed by atoms with Gasteiger partial charge in [-0.25, -0.2) is 4.98 Å². The molecule has 0 saturated carbocycles. The Hall–Kier alpha value is -0.130. The van der Waals surface area contributed by atoms with Crippen LogP contribution in [-0.4, -0.2) is 35.6 Å². The van der Waals surface area contributed by atoms with Crippen molar-refractivity contribution >= 4 is 32.4 Å². The van der Waals surface area contributed by atoms with Crippen LogP contribution in [0, 0.1) is 0 Å². The molecule has 1 aromatic rings. The molecule has 0 amide bonds. The molecule has 0 aromatic carbocycles. The van der Waals surface area contributed by atoms with E-state index in [2.05, 4.69) is 38.1 Å². The van der Waals surface area contributed by atoms with Gasteiger partial charge in [-0.3, -0.25) is 0 Å². The number of aromatic nitrogens is 1. The smallest absolute Gasteiger partial charge is 0.183 e. The normalized spacial score (nSPS) is 19.3. The van der Waals surface area contributed by atoms with Crippen molar-refractivity contribution in [3.63, 3.8) is 0 Å². The van der Waals surface area contributed by atoms with Crippen LogP contribution in [0.5, 0.6) is 0 Å². The highest BCUT2D eigenvalue weighted by Gasteiger charge is 2.18. The van der Waals surface area contributed by atoms with Crippen molar-refractivity contribution in [3.05, 3.63) is 9.98 Å². The number of hydrogen-bond donors (Lipinski definition) is 1. The number of piperidine rings is 1. The molecule has 1 aliphatic rings. The Labute approximate surface area is 103 Å². The van der Waals surface area contributed by atoms with Gasteiger partial charge < -0.3 is 10.2 Å². The van der Waals surface area contributed by atoms with Gasteiger partial charge in [-0.1, -0.05) is 6.92 Å². The van der Waals surface area contributed by atoms with Crippen LogP contribution >= 0.6 is 27.3 Å². The second kappa shape index (κ2) is 5.27. The molecule has 1 aliphatic heterocycles. The molecule has 1 saturated heterocycles. The molecule has 0 atom stereocenters. The van der Waals surface area contributed by atoms with Crippen molar-refractivity contribution < 1.29 is 0 Å². The van der Waals surface area contributed by atoms with Crippen LogP contribution in [0.1, 0.15) is 19.8 Å². The van der Waals surface area contributed by atoms with Crippen molar-refractivity contribution in [1.82, 2.24) is 9.88 Å². The minimum absolute atomic E-state index is 0.603. The number of rotatable bonds is 3. The fourth-order valence-corrected chi connectivity index (χ4v) is 3.11. The van der Waals surface area contributed by atoms with E-state index in [-0.39, 0.29) is 0 Å². The van der Waals surface area contributed by atoms with Crippen molar-refractivity contribution in [1.29, 1.82) is 0 Å². The number of nitrogens with zero attached hydrogens (tertiary/aromatic N) is 2. The second-order valence-corrected chi connectivity index (χ2v) is 5.50. The lowest BCUT2D eigenvalue weighted by Gasteiger charge is -2.31. The zero-order valence-corrected chi connectivity index (χ0v) is 11.3. The summed E-state index contributed by atoms with van der Waals surface area (Å²) >= 11 is 5.04. The third-order valence-electron chi connectivity index (χ3n) is 2.84. The van der Waals surface area contributed by atoms with E-state index in [1.807, 2.05) is 5.38 Å². The molecular weight excluding hydrogens is 274 g/mol. The Kier molecular flexibility index (Phi) is 3.99. The van der Waals surface area contributed by atoms with E-state index in [1.165, 1.54) is 32.5 Å². The van der Waals surface area contributed by atoms with Crippen LogP contribution in [0.15, 0.2) is 9.98 Å². The number of nitrogens with one attached hydrogen (secondary N) is 1.